The number of aromatic nitrogens is 1. The number of aryl methyl sites for hydroxylation is 1. The maximum Gasteiger partial charge on any atom is 0.410 e. The molecule has 1 aromatic carbocycles. The van der Waals surface area contributed by atoms with Crippen molar-refractivity contribution in [1.29, 1.82) is 0 Å². The normalized spacial score (nSPS) is 17.6. The van der Waals surface area contributed by atoms with E-state index in [4.69, 9.17) is 23.6 Å². The molecule has 1 N–H and O–H groups in total. The summed E-state index contributed by atoms with van der Waals surface area (Å²) in [5, 5.41) is 4.79. The minimum Gasteiger partial charge on any atom is -0.493 e. The molecule has 2 fully saturated rings. The first-order valence-electron chi connectivity index (χ1n) is 14.7. The Morgan fingerprint density at radius 3 is 2.41 bits per heavy atom. The Morgan fingerprint density at radius 2 is 1.78 bits per heavy atom. The number of pyridine rings is 1. The number of amides is 1. The first kappa shape index (κ1) is 29.0. The van der Waals surface area contributed by atoms with Gasteiger partial charge in [0.05, 0.1) is 19.2 Å². The molecule has 2 aromatic heterocycles. The van der Waals surface area contributed by atoms with E-state index in [0.29, 0.717) is 43.2 Å². The number of anilines is 1. The molecule has 0 unspecified atom stereocenters. The van der Waals surface area contributed by atoms with Gasteiger partial charge in [0.2, 0.25) is 0 Å². The van der Waals surface area contributed by atoms with Gasteiger partial charge in [0, 0.05) is 36.3 Å². The predicted molar refractivity (Wildman–Crippen MR) is 161 cm³/mol. The second-order valence-corrected chi connectivity index (χ2v) is 12.4. The number of ether oxygens (including phenoxy) is 3. The highest BCUT2D eigenvalue weighted by Gasteiger charge is 2.27. The number of hydrogen-bond donors (Lipinski definition) is 1. The minimum atomic E-state index is -0.490. The van der Waals surface area contributed by atoms with Gasteiger partial charge in [-0.15, -0.1) is 0 Å². The van der Waals surface area contributed by atoms with Gasteiger partial charge in [-0.25, -0.2) is 9.78 Å². The van der Waals surface area contributed by atoms with Crippen molar-refractivity contribution in [2.45, 2.75) is 65.0 Å². The number of benzene rings is 1. The molecule has 2 aliphatic rings. The quantitative estimate of drug-likeness (QED) is 0.355. The Morgan fingerprint density at radius 1 is 1.05 bits per heavy atom. The van der Waals surface area contributed by atoms with E-state index in [1.54, 1.807) is 12.0 Å². The number of hydrogen-bond acceptors (Lipinski definition) is 8. The lowest BCUT2D eigenvalue weighted by molar-refractivity contribution is 0.0164. The number of rotatable bonds is 7. The van der Waals surface area contributed by atoms with Gasteiger partial charge in [-0.2, -0.15) is 0 Å². The molecule has 2 saturated heterocycles. The molecule has 0 radical (unpaired) electrons. The van der Waals surface area contributed by atoms with Crippen molar-refractivity contribution in [2.24, 2.45) is 5.92 Å². The van der Waals surface area contributed by atoms with Gasteiger partial charge in [0.15, 0.2) is 17.3 Å². The fraction of sp³-hybridized carbons (Fsp3) is 0.562. The minimum absolute atomic E-state index is 0.244. The number of carbonyl (C=O) groups excluding carboxylic acids is 1. The summed E-state index contributed by atoms with van der Waals surface area (Å²) in [4.78, 5) is 21.6. The van der Waals surface area contributed by atoms with Gasteiger partial charge in [-0.1, -0.05) is 0 Å². The van der Waals surface area contributed by atoms with E-state index in [-0.39, 0.29) is 6.09 Å². The van der Waals surface area contributed by atoms with E-state index in [2.05, 4.69) is 23.3 Å². The van der Waals surface area contributed by atoms with Crippen LogP contribution in [0.4, 0.5) is 10.5 Å². The maximum atomic E-state index is 12.4. The average Bonchev–Trinajstić information content (AvgIpc) is 3.38. The third-order valence-electron chi connectivity index (χ3n) is 7.91. The van der Waals surface area contributed by atoms with Gasteiger partial charge in [0.25, 0.3) is 0 Å². The maximum absolute atomic E-state index is 12.4. The van der Waals surface area contributed by atoms with Crippen LogP contribution < -0.4 is 14.8 Å². The van der Waals surface area contributed by atoms with Crippen LogP contribution in [-0.4, -0.2) is 79.5 Å². The Hall–Kier alpha value is -3.46. The molecular formula is C32H44N4O5. The lowest BCUT2D eigenvalue weighted by Crippen LogP contribution is -2.42. The number of furan rings is 1. The molecule has 5 rings (SSSR count). The highest BCUT2D eigenvalue weighted by atomic mass is 16.6. The van der Waals surface area contributed by atoms with E-state index < -0.39 is 5.60 Å². The van der Waals surface area contributed by atoms with Crippen LogP contribution >= 0.6 is 0 Å². The lowest BCUT2D eigenvalue weighted by Gasteiger charge is -2.33. The van der Waals surface area contributed by atoms with Gasteiger partial charge < -0.3 is 33.7 Å². The van der Waals surface area contributed by atoms with Crippen molar-refractivity contribution >= 4 is 22.7 Å². The molecule has 9 nitrogen and oxygen atoms in total. The second-order valence-electron chi connectivity index (χ2n) is 12.4. The van der Waals surface area contributed by atoms with Gasteiger partial charge in [0.1, 0.15) is 17.1 Å². The highest BCUT2D eigenvalue weighted by molar-refractivity contribution is 5.95. The lowest BCUT2D eigenvalue weighted by atomic mass is 9.98. The number of fused-ring (bicyclic) bond motifs is 1. The molecule has 2 aliphatic heterocycles. The van der Waals surface area contributed by atoms with E-state index in [0.717, 1.165) is 72.6 Å². The molecule has 0 atom stereocenters. The van der Waals surface area contributed by atoms with E-state index >= 15 is 0 Å². The molecule has 4 heterocycles. The van der Waals surface area contributed by atoms with Crippen molar-refractivity contribution in [1.82, 2.24) is 14.8 Å². The molecule has 0 saturated carbocycles. The fourth-order valence-corrected chi connectivity index (χ4v) is 5.51. The van der Waals surface area contributed by atoms with Crippen LogP contribution in [0.2, 0.25) is 0 Å². The van der Waals surface area contributed by atoms with Crippen molar-refractivity contribution in [3.8, 4) is 23.0 Å². The summed E-state index contributed by atoms with van der Waals surface area (Å²) in [6, 6.07) is 10.4. The molecule has 3 aromatic rings. The van der Waals surface area contributed by atoms with Crippen LogP contribution in [0.3, 0.4) is 0 Å². The molecule has 1 amide bonds. The van der Waals surface area contributed by atoms with Crippen molar-refractivity contribution in [2.75, 3.05) is 52.3 Å². The van der Waals surface area contributed by atoms with E-state index in [1.165, 1.54) is 0 Å². The zero-order valence-corrected chi connectivity index (χ0v) is 25.3. The zero-order valence-electron chi connectivity index (χ0n) is 25.3. The highest BCUT2D eigenvalue weighted by Crippen LogP contribution is 2.38. The molecule has 222 valence electrons. The van der Waals surface area contributed by atoms with Crippen LogP contribution in [0.25, 0.3) is 22.4 Å². The summed E-state index contributed by atoms with van der Waals surface area (Å²) in [5.41, 5.74) is 2.14. The number of piperidine rings is 2. The van der Waals surface area contributed by atoms with E-state index in [1.807, 2.05) is 52.0 Å². The zero-order chi connectivity index (χ0) is 29.1. The Labute approximate surface area is 243 Å². The number of nitrogens with zero attached hydrogens (tertiary/aromatic N) is 3. The van der Waals surface area contributed by atoms with Crippen LogP contribution in [-0.2, 0) is 4.74 Å². The summed E-state index contributed by atoms with van der Waals surface area (Å²) in [6.45, 7) is 11.6. The van der Waals surface area contributed by atoms with Gasteiger partial charge in [-0.3, -0.25) is 0 Å². The Bertz CT molecular complexity index is 1350. The molecule has 0 spiro atoms. The van der Waals surface area contributed by atoms with Crippen LogP contribution in [0.15, 0.2) is 34.7 Å². The average molecular weight is 565 g/mol. The van der Waals surface area contributed by atoms with E-state index in [9.17, 15) is 4.79 Å². The van der Waals surface area contributed by atoms with Crippen molar-refractivity contribution in [3.05, 3.63) is 36.1 Å². The Kier molecular flexibility index (Phi) is 8.63. The van der Waals surface area contributed by atoms with Crippen LogP contribution in [0, 0.1) is 12.8 Å². The first-order chi connectivity index (χ1) is 19.6. The molecule has 41 heavy (non-hydrogen) atoms. The number of likely N-dealkylation sites (tertiary alicyclic amines) is 2. The molecule has 0 aliphatic carbocycles. The predicted octanol–water partition coefficient (Wildman–Crippen LogP) is 6.34. The number of nitrogens with one attached hydrogen (secondary N) is 1. The molecule has 0 bridgehead atoms. The topological polar surface area (TPSA) is 89.3 Å². The standard InChI is InChI=1S/C32H44N4O5/c1-21-7-8-28(40-21)27-18-25(33-23-11-13-35(5)14-12-23)24-17-29(38-6)30(19-26(24)34-27)39-20-22-9-15-36(16-10-22)31(37)41-32(2,3)4/h7-8,17-19,22-23H,9-16,20H2,1-6H3,(H,33,34). The summed E-state index contributed by atoms with van der Waals surface area (Å²) >= 11 is 0. The molecular weight excluding hydrogens is 520 g/mol. The fourth-order valence-electron chi connectivity index (χ4n) is 5.51. The summed E-state index contributed by atoms with van der Waals surface area (Å²) in [5.74, 6) is 3.27. The second kappa shape index (κ2) is 12.2. The molecule has 9 heteroatoms. The van der Waals surface area contributed by atoms with Crippen LogP contribution in [0.5, 0.6) is 11.5 Å². The summed E-state index contributed by atoms with van der Waals surface area (Å²) in [7, 11) is 3.84. The van der Waals surface area contributed by atoms with Gasteiger partial charge >= 0.3 is 6.09 Å². The van der Waals surface area contributed by atoms with Crippen molar-refractivity contribution < 1.29 is 23.4 Å². The smallest absolute Gasteiger partial charge is 0.410 e. The Balaban J connectivity index is 1.35. The SMILES string of the molecule is COc1cc2c(NC3CCN(C)CC3)cc(-c3ccc(C)o3)nc2cc1OCC1CCN(C(=O)OC(C)(C)C)CC1. The number of carbonyl (C=O) groups is 1. The van der Waals surface area contributed by atoms with Gasteiger partial charge in [-0.05, 0) is 104 Å². The summed E-state index contributed by atoms with van der Waals surface area (Å²) < 4.78 is 23.6. The largest absolute Gasteiger partial charge is 0.493 e. The third-order valence-corrected chi connectivity index (χ3v) is 7.91. The van der Waals surface area contributed by atoms with Crippen molar-refractivity contribution in [3.63, 3.8) is 0 Å². The number of methoxy groups -OCH3 is 1. The third kappa shape index (κ3) is 7.25. The first-order valence-corrected chi connectivity index (χ1v) is 14.7. The van der Waals surface area contributed by atoms with Crippen LogP contribution in [0.1, 0.15) is 52.2 Å². The monoisotopic (exact) mass is 564 g/mol. The summed E-state index contributed by atoms with van der Waals surface area (Å²) in [6.07, 6.45) is 3.65.